The molecule has 1 amide bonds. The van der Waals surface area contributed by atoms with Gasteiger partial charge in [-0.1, -0.05) is 22.0 Å². The van der Waals surface area contributed by atoms with Crippen LogP contribution in [0, 0.1) is 10.1 Å². The van der Waals surface area contributed by atoms with Gasteiger partial charge >= 0.3 is 0 Å². The topological polar surface area (TPSA) is 85.1 Å². The van der Waals surface area contributed by atoms with Crippen LogP contribution in [0.1, 0.15) is 10.4 Å². The number of aromatic nitrogens is 1. The summed E-state index contributed by atoms with van der Waals surface area (Å²) in [6, 6.07) is 9.26. The minimum atomic E-state index is -0.545. The first-order valence-corrected chi connectivity index (χ1v) is 6.03. The van der Waals surface area contributed by atoms with Crippen molar-refractivity contribution >= 4 is 33.3 Å². The molecule has 1 N–H and O–H groups in total. The van der Waals surface area contributed by atoms with E-state index in [0.717, 1.165) is 4.47 Å². The van der Waals surface area contributed by atoms with Crippen molar-refractivity contribution in [1.82, 2.24) is 4.98 Å². The average molecular weight is 322 g/mol. The molecule has 96 valence electrons. The normalized spacial score (nSPS) is 9.95. The largest absolute Gasteiger partial charge is 0.306 e. The molecule has 0 fully saturated rings. The number of pyridine rings is 1. The molecular weight excluding hydrogens is 314 g/mol. The van der Waals surface area contributed by atoms with E-state index in [4.69, 9.17) is 0 Å². The Kier molecular flexibility index (Phi) is 3.86. The Labute approximate surface area is 116 Å². The highest BCUT2D eigenvalue weighted by Crippen LogP contribution is 2.16. The fourth-order valence-electron chi connectivity index (χ4n) is 1.42. The number of amides is 1. The molecule has 6 nitrogen and oxygen atoms in total. The third-order valence-corrected chi connectivity index (χ3v) is 2.78. The monoisotopic (exact) mass is 321 g/mol. The number of carbonyl (C=O) groups excluding carboxylic acids is 1. The Morgan fingerprint density at radius 1 is 1.32 bits per heavy atom. The molecule has 2 rings (SSSR count). The Balaban J connectivity index is 2.19. The lowest BCUT2D eigenvalue weighted by molar-refractivity contribution is -0.384. The van der Waals surface area contributed by atoms with Gasteiger partial charge in [-0.3, -0.25) is 14.9 Å². The van der Waals surface area contributed by atoms with E-state index in [1.54, 1.807) is 24.3 Å². The van der Waals surface area contributed by atoms with E-state index in [2.05, 4.69) is 26.2 Å². The van der Waals surface area contributed by atoms with Crippen LogP contribution in [0.25, 0.3) is 0 Å². The smallest absolute Gasteiger partial charge is 0.274 e. The summed E-state index contributed by atoms with van der Waals surface area (Å²) >= 11 is 3.26. The molecular formula is C12H8BrN3O3. The first-order valence-electron chi connectivity index (χ1n) is 5.23. The lowest BCUT2D eigenvalue weighted by atomic mass is 10.2. The standard InChI is InChI=1S/C12H8BrN3O3/c13-9-3-1-2-8(6-9)12(17)15-11-7-10(16(18)19)4-5-14-11/h1-7H,(H,14,15,17). The van der Waals surface area contributed by atoms with Gasteiger partial charge < -0.3 is 5.32 Å². The lowest BCUT2D eigenvalue weighted by Gasteiger charge is -2.04. The molecule has 19 heavy (non-hydrogen) atoms. The maximum absolute atomic E-state index is 11.9. The zero-order chi connectivity index (χ0) is 13.8. The third kappa shape index (κ3) is 3.35. The SMILES string of the molecule is O=C(Nc1cc([N+](=O)[O-])ccn1)c1cccc(Br)c1. The highest BCUT2D eigenvalue weighted by molar-refractivity contribution is 9.10. The first kappa shape index (κ1) is 13.2. The van der Waals surface area contributed by atoms with Gasteiger partial charge in [0.2, 0.25) is 0 Å². The average Bonchev–Trinajstić information content (AvgIpc) is 2.39. The van der Waals surface area contributed by atoms with Gasteiger partial charge in [0.1, 0.15) is 5.82 Å². The van der Waals surface area contributed by atoms with Crippen molar-refractivity contribution in [1.29, 1.82) is 0 Å². The molecule has 0 aliphatic heterocycles. The summed E-state index contributed by atoms with van der Waals surface area (Å²) in [6.45, 7) is 0. The molecule has 0 bridgehead atoms. The number of halogens is 1. The summed E-state index contributed by atoms with van der Waals surface area (Å²) in [4.78, 5) is 25.8. The quantitative estimate of drug-likeness (QED) is 0.695. The maximum Gasteiger partial charge on any atom is 0.274 e. The van der Waals surface area contributed by atoms with Gasteiger partial charge in [0.15, 0.2) is 0 Å². The molecule has 0 saturated heterocycles. The fourth-order valence-corrected chi connectivity index (χ4v) is 1.82. The number of hydrogen-bond donors (Lipinski definition) is 1. The molecule has 0 spiro atoms. The lowest BCUT2D eigenvalue weighted by Crippen LogP contribution is -2.12. The van der Waals surface area contributed by atoms with Gasteiger partial charge in [-0.25, -0.2) is 4.98 Å². The van der Waals surface area contributed by atoms with Crippen LogP contribution in [0.3, 0.4) is 0 Å². The zero-order valence-electron chi connectivity index (χ0n) is 9.54. The summed E-state index contributed by atoms with van der Waals surface area (Å²) in [6.07, 6.45) is 1.27. The highest BCUT2D eigenvalue weighted by atomic mass is 79.9. The van der Waals surface area contributed by atoms with E-state index in [-0.39, 0.29) is 17.4 Å². The fraction of sp³-hybridized carbons (Fsp3) is 0. The summed E-state index contributed by atoms with van der Waals surface area (Å²) in [5, 5.41) is 13.1. The van der Waals surface area contributed by atoms with E-state index >= 15 is 0 Å². The van der Waals surface area contributed by atoms with Gasteiger partial charge in [-0.15, -0.1) is 0 Å². The summed E-state index contributed by atoms with van der Waals surface area (Å²) < 4.78 is 0.771. The van der Waals surface area contributed by atoms with Crippen LogP contribution in [0.5, 0.6) is 0 Å². The van der Waals surface area contributed by atoms with Crippen LogP contribution >= 0.6 is 15.9 Å². The maximum atomic E-state index is 11.9. The summed E-state index contributed by atoms with van der Waals surface area (Å²) in [5.41, 5.74) is 0.308. The van der Waals surface area contributed by atoms with E-state index in [9.17, 15) is 14.9 Å². The van der Waals surface area contributed by atoms with Crippen LogP contribution in [-0.4, -0.2) is 15.8 Å². The van der Waals surface area contributed by atoms with Crippen molar-refractivity contribution in [3.05, 3.63) is 62.7 Å². The number of nitrogens with zero attached hydrogens (tertiary/aromatic N) is 2. The van der Waals surface area contributed by atoms with Crippen LogP contribution in [0.15, 0.2) is 47.1 Å². The van der Waals surface area contributed by atoms with Crippen LogP contribution in [0.4, 0.5) is 11.5 Å². The van der Waals surface area contributed by atoms with Gasteiger partial charge in [-0.05, 0) is 18.2 Å². The Morgan fingerprint density at radius 3 is 2.79 bits per heavy atom. The number of benzene rings is 1. The molecule has 1 aromatic carbocycles. The van der Waals surface area contributed by atoms with Gasteiger partial charge in [-0.2, -0.15) is 0 Å². The Bertz CT molecular complexity index is 646. The number of rotatable bonds is 3. The minimum absolute atomic E-state index is 0.125. The first-order chi connectivity index (χ1) is 9.06. The van der Waals surface area contributed by atoms with Crippen molar-refractivity contribution in [2.45, 2.75) is 0 Å². The van der Waals surface area contributed by atoms with E-state index in [1.165, 1.54) is 18.3 Å². The minimum Gasteiger partial charge on any atom is -0.306 e. The second-order valence-corrected chi connectivity index (χ2v) is 4.54. The highest BCUT2D eigenvalue weighted by Gasteiger charge is 2.10. The van der Waals surface area contributed by atoms with Crippen LogP contribution in [0.2, 0.25) is 0 Å². The number of nitrogens with one attached hydrogen (secondary N) is 1. The Morgan fingerprint density at radius 2 is 2.11 bits per heavy atom. The predicted molar refractivity (Wildman–Crippen MR) is 73.0 cm³/mol. The molecule has 0 aliphatic carbocycles. The van der Waals surface area contributed by atoms with Crippen molar-refractivity contribution in [3.8, 4) is 0 Å². The van der Waals surface area contributed by atoms with Gasteiger partial charge in [0, 0.05) is 22.3 Å². The summed E-state index contributed by atoms with van der Waals surface area (Å²) in [7, 11) is 0. The summed E-state index contributed by atoms with van der Waals surface area (Å²) in [5.74, 6) is -0.242. The molecule has 0 unspecified atom stereocenters. The molecule has 0 radical (unpaired) electrons. The number of carbonyl (C=O) groups is 1. The molecule has 0 saturated carbocycles. The van der Waals surface area contributed by atoms with Crippen molar-refractivity contribution in [3.63, 3.8) is 0 Å². The second kappa shape index (κ2) is 5.57. The van der Waals surface area contributed by atoms with Crippen LogP contribution < -0.4 is 5.32 Å². The second-order valence-electron chi connectivity index (χ2n) is 3.62. The number of nitro groups is 1. The zero-order valence-corrected chi connectivity index (χ0v) is 11.1. The van der Waals surface area contributed by atoms with Crippen LogP contribution in [-0.2, 0) is 0 Å². The van der Waals surface area contributed by atoms with Gasteiger partial charge in [0.05, 0.1) is 11.0 Å². The van der Waals surface area contributed by atoms with Crippen molar-refractivity contribution < 1.29 is 9.72 Å². The van der Waals surface area contributed by atoms with Gasteiger partial charge in [0.25, 0.3) is 11.6 Å². The van der Waals surface area contributed by atoms with E-state index < -0.39 is 4.92 Å². The third-order valence-electron chi connectivity index (χ3n) is 2.28. The molecule has 0 aliphatic rings. The Hall–Kier alpha value is -2.28. The van der Waals surface area contributed by atoms with E-state index in [0.29, 0.717) is 5.56 Å². The number of hydrogen-bond acceptors (Lipinski definition) is 4. The van der Waals surface area contributed by atoms with Crippen molar-refractivity contribution in [2.75, 3.05) is 5.32 Å². The van der Waals surface area contributed by atoms with E-state index in [1.807, 2.05) is 0 Å². The molecule has 7 heteroatoms. The molecule has 0 atom stereocenters. The molecule has 1 aromatic heterocycles. The molecule has 1 heterocycles. The predicted octanol–water partition coefficient (Wildman–Crippen LogP) is 3.00. The van der Waals surface area contributed by atoms with Crippen molar-refractivity contribution in [2.24, 2.45) is 0 Å². The molecule has 2 aromatic rings. The number of anilines is 1.